The van der Waals surface area contributed by atoms with Crippen LogP contribution in [-0.2, 0) is 9.59 Å². The number of ether oxygens (including phenoxy) is 1. The zero-order valence-corrected chi connectivity index (χ0v) is 17.6. The first-order valence-corrected chi connectivity index (χ1v) is 10.9. The standard InChI is InChI=1S/C23H32N2O5/c1-30-20-14-15(13-19(26)21(20)27)12-18(22(28)24-16-8-4-2-5-9-16)23(29)25-17-10-6-3-7-11-17/h12-14,16-17,26-27H,2-11H2,1H3,(H,24,28)(H,25,29). The molecule has 164 valence electrons. The molecule has 7 nitrogen and oxygen atoms in total. The lowest BCUT2D eigenvalue weighted by Gasteiger charge is -2.25. The molecule has 2 aliphatic carbocycles. The lowest BCUT2D eigenvalue weighted by Crippen LogP contribution is -2.43. The number of amides is 2. The smallest absolute Gasteiger partial charge is 0.257 e. The zero-order valence-electron chi connectivity index (χ0n) is 17.6. The summed E-state index contributed by atoms with van der Waals surface area (Å²) in [6.07, 6.45) is 11.7. The summed E-state index contributed by atoms with van der Waals surface area (Å²) in [5.74, 6) is -1.51. The Kier molecular flexibility index (Phi) is 7.60. The second kappa shape index (κ2) is 10.4. The van der Waals surface area contributed by atoms with Gasteiger partial charge in [0, 0.05) is 12.1 Å². The van der Waals surface area contributed by atoms with E-state index in [1.807, 2.05) is 0 Å². The molecule has 1 aromatic rings. The fraction of sp³-hybridized carbons (Fsp3) is 0.565. The number of benzene rings is 1. The Morgan fingerprint density at radius 2 is 1.40 bits per heavy atom. The highest BCUT2D eigenvalue weighted by Gasteiger charge is 2.25. The summed E-state index contributed by atoms with van der Waals surface area (Å²) in [6.45, 7) is 0. The highest BCUT2D eigenvalue weighted by molar-refractivity contribution is 6.21. The Labute approximate surface area is 177 Å². The number of hydrogen-bond acceptors (Lipinski definition) is 5. The Morgan fingerprint density at radius 1 is 0.900 bits per heavy atom. The maximum atomic E-state index is 13.0. The molecule has 0 aromatic heterocycles. The van der Waals surface area contributed by atoms with Crippen molar-refractivity contribution in [3.63, 3.8) is 0 Å². The van der Waals surface area contributed by atoms with Crippen LogP contribution in [0, 0.1) is 0 Å². The molecule has 2 amide bonds. The Balaban J connectivity index is 1.85. The zero-order chi connectivity index (χ0) is 21.5. The summed E-state index contributed by atoms with van der Waals surface area (Å²) in [4.78, 5) is 26.0. The molecule has 4 N–H and O–H groups in total. The number of carbonyl (C=O) groups excluding carboxylic acids is 2. The van der Waals surface area contributed by atoms with E-state index in [9.17, 15) is 19.8 Å². The molecule has 2 fully saturated rings. The fourth-order valence-corrected chi connectivity index (χ4v) is 4.27. The van der Waals surface area contributed by atoms with Crippen LogP contribution < -0.4 is 15.4 Å². The van der Waals surface area contributed by atoms with Crippen LogP contribution in [0.1, 0.15) is 69.8 Å². The molecule has 0 aliphatic heterocycles. The number of nitrogens with one attached hydrogen (secondary N) is 2. The third-order valence-electron chi connectivity index (χ3n) is 5.98. The van der Waals surface area contributed by atoms with Gasteiger partial charge in [0.25, 0.3) is 11.8 Å². The molecular formula is C23H32N2O5. The maximum Gasteiger partial charge on any atom is 0.257 e. The van der Waals surface area contributed by atoms with Gasteiger partial charge in [-0.15, -0.1) is 0 Å². The summed E-state index contributed by atoms with van der Waals surface area (Å²) in [7, 11) is 1.37. The molecule has 0 unspecified atom stereocenters. The normalized spacial score (nSPS) is 17.8. The minimum Gasteiger partial charge on any atom is -0.504 e. The number of carbonyl (C=O) groups is 2. The number of methoxy groups -OCH3 is 1. The van der Waals surface area contributed by atoms with Crippen molar-refractivity contribution >= 4 is 17.9 Å². The molecule has 0 atom stereocenters. The van der Waals surface area contributed by atoms with Crippen molar-refractivity contribution in [1.82, 2.24) is 10.6 Å². The summed E-state index contributed by atoms with van der Waals surface area (Å²) >= 11 is 0. The van der Waals surface area contributed by atoms with Crippen molar-refractivity contribution < 1.29 is 24.5 Å². The predicted molar refractivity (Wildman–Crippen MR) is 114 cm³/mol. The number of rotatable bonds is 6. The Bertz CT molecular complexity index is 759. The molecule has 0 radical (unpaired) electrons. The number of hydrogen-bond donors (Lipinski definition) is 4. The molecular weight excluding hydrogens is 384 g/mol. The van der Waals surface area contributed by atoms with E-state index in [4.69, 9.17) is 4.74 Å². The molecule has 3 rings (SSSR count). The van der Waals surface area contributed by atoms with Gasteiger partial charge in [-0.05, 0) is 49.5 Å². The molecule has 0 heterocycles. The maximum absolute atomic E-state index is 13.0. The molecule has 0 bridgehead atoms. The van der Waals surface area contributed by atoms with Gasteiger partial charge in [0.1, 0.15) is 5.57 Å². The monoisotopic (exact) mass is 416 g/mol. The fourth-order valence-electron chi connectivity index (χ4n) is 4.27. The number of phenolic OH excluding ortho intramolecular Hbond substituents is 2. The van der Waals surface area contributed by atoms with Gasteiger partial charge in [-0.1, -0.05) is 38.5 Å². The topological polar surface area (TPSA) is 108 Å². The molecule has 30 heavy (non-hydrogen) atoms. The van der Waals surface area contributed by atoms with Crippen LogP contribution in [-0.4, -0.2) is 41.2 Å². The van der Waals surface area contributed by atoms with Crippen LogP contribution in [0.4, 0.5) is 0 Å². The van der Waals surface area contributed by atoms with Gasteiger partial charge in [-0.2, -0.15) is 0 Å². The van der Waals surface area contributed by atoms with E-state index in [1.54, 1.807) is 0 Å². The van der Waals surface area contributed by atoms with E-state index in [1.165, 1.54) is 38.2 Å². The summed E-state index contributed by atoms with van der Waals surface area (Å²) in [5, 5.41) is 25.8. The van der Waals surface area contributed by atoms with Crippen LogP contribution in [0.15, 0.2) is 17.7 Å². The second-order valence-electron chi connectivity index (χ2n) is 8.27. The van der Waals surface area contributed by atoms with Gasteiger partial charge in [-0.25, -0.2) is 0 Å². The highest BCUT2D eigenvalue weighted by atomic mass is 16.5. The minimum absolute atomic E-state index is 0.00158. The van der Waals surface area contributed by atoms with E-state index in [0.717, 1.165) is 51.4 Å². The van der Waals surface area contributed by atoms with E-state index in [0.29, 0.717) is 5.56 Å². The first kappa shape index (κ1) is 22.0. The van der Waals surface area contributed by atoms with Crippen molar-refractivity contribution in [2.24, 2.45) is 0 Å². The summed E-state index contributed by atoms with van der Waals surface area (Å²) in [6, 6.07) is 2.93. The van der Waals surface area contributed by atoms with Crippen LogP contribution in [0.5, 0.6) is 17.2 Å². The van der Waals surface area contributed by atoms with Gasteiger partial charge >= 0.3 is 0 Å². The van der Waals surface area contributed by atoms with Gasteiger partial charge < -0.3 is 25.6 Å². The molecule has 0 saturated heterocycles. The molecule has 2 saturated carbocycles. The largest absolute Gasteiger partial charge is 0.504 e. The SMILES string of the molecule is COc1cc(C=C(C(=O)NC2CCCCC2)C(=O)NC2CCCCC2)cc(O)c1O. The summed E-state index contributed by atoms with van der Waals surface area (Å²) in [5.41, 5.74) is 0.396. The van der Waals surface area contributed by atoms with E-state index >= 15 is 0 Å². The lowest BCUT2D eigenvalue weighted by molar-refractivity contribution is -0.124. The Hall–Kier alpha value is -2.70. The third kappa shape index (κ3) is 5.68. The average molecular weight is 417 g/mol. The second-order valence-corrected chi connectivity index (χ2v) is 8.27. The average Bonchev–Trinajstić information content (AvgIpc) is 2.75. The van der Waals surface area contributed by atoms with Crippen LogP contribution >= 0.6 is 0 Å². The molecule has 2 aliphatic rings. The van der Waals surface area contributed by atoms with E-state index in [-0.39, 0.29) is 34.9 Å². The van der Waals surface area contributed by atoms with Crippen LogP contribution in [0.25, 0.3) is 6.08 Å². The van der Waals surface area contributed by atoms with Gasteiger partial charge in [0.15, 0.2) is 11.5 Å². The quantitative estimate of drug-likeness (QED) is 0.246. The van der Waals surface area contributed by atoms with Gasteiger partial charge in [-0.3, -0.25) is 9.59 Å². The van der Waals surface area contributed by atoms with Gasteiger partial charge in [0.2, 0.25) is 5.75 Å². The molecule has 0 spiro atoms. The summed E-state index contributed by atoms with van der Waals surface area (Å²) < 4.78 is 5.07. The third-order valence-corrected chi connectivity index (χ3v) is 5.98. The number of phenols is 2. The van der Waals surface area contributed by atoms with Crippen molar-refractivity contribution in [3.05, 3.63) is 23.3 Å². The van der Waals surface area contributed by atoms with E-state index in [2.05, 4.69) is 10.6 Å². The van der Waals surface area contributed by atoms with Crippen molar-refractivity contribution in [2.75, 3.05) is 7.11 Å². The van der Waals surface area contributed by atoms with Crippen LogP contribution in [0.3, 0.4) is 0 Å². The highest BCUT2D eigenvalue weighted by Crippen LogP contribution is 2.37. The number of aromatic hydroxyl groups is 2. The first-order chi connectivity index (χ1) is 14.5. The van der Waals surface area contributed by atoms with Crippen LogP contribution in [0.2, 0.25) is 0 Å². The lowest BCUT2D eigenvalue weighted by atomic mass is 9.94. The van der Waals surface area contributed by atoms with Crippen molar-refractivity contribution in [2.45, 2.75) is 76.3 Å². The predicted octanol–water partition coefficient (Wildman–Crippen LogP) is 3.39. The van der Waals surface area contributed by atoms with Gasteiger partial charge in [0.05, 0.1) is 7.11 Å². The minimum atomic E-state index is -0.415. The first-order valence-electron chi connectivity index (χ1n) is 10.9. The van der Waals surface area contributed by atoms with Crippen molar-refractivity contribution in [3.8, 4) is 17.2 Å². The molecule has 7 heteroatoms. The van der Waals surface area contributed by atoms with E-state index < -0.39 is 11.8 Å². The van der Waals surface area contributed by atoms with Crippen molar-refractivity contribution in [1.29, 1.82) is 0 Å². The Morgan fingerprint density at radius 3 is 1.87 bits per heavy atom. The molecule has 1 aromatic carbocycles.